The Morgan fingerprint density at radius 1 is 1.42 bits per heavy atom. The minimum absolute atomic E-state index is 0.0125. The zero-order valence-corrected chi connectivity index (χ0v) is 6.67. The summed E-state index contributed by atoms with van der Waals surface area (Å²) in [5.74, 6) is 1.06. The van der Waals surface area contributed by atoms with Crippen LogP contribution in [0.4, 0.5) is 0 Å². The van der Waals surface area contributed by atoms with Gasteiger partial charge < -0.3 is 4.52 Å². The maximum absolute atomic E-state index is 11.8. The van der Waals surface area contributed by atoms with Crippen LogP contribution in [0.5, 0.6) is 0 Å². The summed E-state index contributed by atoms with van der Waals surface area (Å²) in [6.45, 7) is 0. The number of hydrogen-bond donors (Lipinski definition) is 0. The normalized spacial score (nSPS) is 24.2. The summed E-state index contributed by atoms with van der Waals surface area (Å²) < 4.78 is 4.98. The second kappa shape index (κ2) is 1.79. The van der Waals surface area contributed by atoms with Crippen LogP contribution in [0.1, 0.15) is 35.4 Å². The van der Waals surface area contributed by atoms with Gasteiger partial charge in [-0.05, 0) is 19.3 Å². The molecule has 0 bridgehead atoms. The molecule has 0 radical (unpaired) electrons. The van der Waals surface area contributed by atoms with E-state index >= 15 is 0 Å². The van der Waals surface area contributed by atoms with Crippen LogP contribution < -0.4 is 0 Å². The number of ketones is 1. The lowest BCUT2D eigenvalue weighted by Gasteiger charge is -2.17. The number of aryl methyl sites for hydroxylation is 1. The SMILES string of the molecule is O=C1c2cnoc2CCC12CC2. The monoisotopic (exact) mass is 163 g/mol. The van der Waals surface area contributed by atoms with Crippen molar-refractivity contribution in [2.24, 2.45) is 5.41 Å². The van der Waals surface area contributed by atoms with Crippen molar-refractivity contribution in [3.63, 3.8) is 0 Å². The fraction of sp³-hybridized carbons (Fsp3) is 0.556. The van der Waals surface area contributed by atoms with E-state index in [1.54, 1.807) is 6.20 Å². The molecule has 0 saturated heterocycles. The number of carbonyl (C=O) groups excluding carboxylic acids is 1. The highest BCUT2D eigenvalue weighted by Crippen LogP contribution is 2.54. The van der Waals surface area contributed by atoms with E-state index in [0.717, 1.165) is 37.0 Å². The van der Waals surface area contributed by atoms with Gasteiger partial charge in [0.25, 0.3) is 0 Å². The Kier molecular flexibility index (Phi) is 0.953. The Bertz CT molecular complexity index is 349. The second-order valence-corrected chi connectivity index (χ2v) is 3.77. The standard InChI is InChI=1S/C9H9NO2/c11-8-6-5-10-12-7(6)1-2-9(8)3-4-9/h5H,1-4H2. The van der Waals surface area contributed by atoms with Crippen LogP contribution in [0.25, 0.3) is 0 Å². The zero-order chi connectivity index (χ0) is 8.18. The van der Waals surface area contributed by atoms with E-state index in [0.29, 0.717) is 0 Å². The fourth-order valence-electron chi connectivity index (χ4n) is 2.01. The van der Waals surface area contributed by atoms with Gasteiger partial charge in [0.15, 0.2) is 5.78 Å². The quantitative estimate of drug-likeness (QED) is 0.583. The minimum Gasteiger partial charge on any atom is -0.361 e. The first-order valence-corrected chi connectivity index (χ1v) is 4.30. The molecule has 2 aliphatic rings. The summed E-state index contributed by atoms with van der Waals surface area (Å²) >= 11 is 0. The van der Waals surface area contributed by atoms with Crippen molar-refractivity contribution < 1.29 is 9.32 Å². The molecule has 1 heterocycles. The summed E-state index contributed by atoms with van der Waals surface area (Å²) in [7, 11) is 0. The Labute approximate surface area is 69.7 Å². The van der Waals surface area contributed by atoms with Crippen LogP contribution in [0.3, 0.4) is 0 Å². The number of Topliss-reactive ketones (excluding diaryl/α,β-unsaturated/α-hetero) is 1. The van der Waals surface area contributed by atoms with E-state index in [4.69, 9.17) is 4.52 Å². The highest BCUT2D eigenvalue weighted by atomic mass is 16.5. The van der Waals surface area contributed by atoms with Crippen molar-refractivity contribution in [2.45, 2.75) is 25.7 Å². The van der Waals surface area contributed by atoms with Crippen LogP contribution in [-0.2, 0) is 6.42 Å². The Morgan fingerprint density at radius 2 is 2.25 bits per heavy atom. The number of nitrogens with zero attached hydrogens (tertiary/aromatic N) is 1. The maximum Gasteiger partial charge on any atom is 0.174 e. The van der Waals surface area contributed by atoms with Crippen LogP contribution in [0.2, 0.25) is 0 Å². The van der Waals surface area contributed by atoms with E-state index in [1.165, 1.54) is 0 Å². The second-order valence-electron chi connectivity index (χ2n) is 3.77. The van der Waals surface area contributed by atoms with Crippen LogP contribution in [0, 0.1) is 5.41 Å². The van der Waals surface area contributed by atoms with Gasteiger partial charge in [0.05, 0.1) is 11.8 Å². The molecular formula is C9H9NO2. The van der Waals surface area contributed by atoms with E-state index in [2.05, 4.69) is 5.16 Å². The zero-order valence-electron chi connectivity index (χ0n) is 6.67. The van der Waals surface area contributed by atoms with Gasteiger partial charge in [-0.25, -0.2) is 0 Å². The smallest absolute Gasteiger partial charge is 0.174 e. The maximum atomic E-state index is 11.8. The summed E-state index contributed by atoms with van der Waals surface area (Å²) in [5.41, 5.74) is 0.747. The molecule has 3 nitrogen and oxygen atoms in total. The third-order valence-corrected chi connectivity index (χ3v) is 3.06. The predicted molar refractivity (Wildman–Crippen MR) is 40.8 cm³/mol. The molecule has 2 aliphatic carbocycles. The summed E-state index contributed by atoms with van der Waals surface area (Å²) in [6.07, 6.45) is 5.55. The molecule has 0 amide bonds. The van der Waals surface area contributed by atoms with E-state index in [1.807, 2.05) is 0 Å². The number of fused-ring (bicyclic) bond motifs is 1. The van der Waals surface area contributed by atoms with E-state index in [-0.39, 0.29) is 11.2 Å². The number of rotatable bonds is 0. The topological polar surface area (TPSA) is 43.1 Å². The molecule has 62 valence electrons. The predicted octanol–water partition coefficient (Wildman–Crippen LogP) is 1.58. The third-order valence-electron chi connectivity index (χ3n) is 3.06. The number of aromatic nitrogens is 1. The lowest BCUT2D eigenvalue weighted by molar-refractivity contribution is 0.0874. The molecule has 0 aromatic carbocycles. The summed E-state index contributed by atoms with van der Waals surface area (Å²) in [6, 6.07) is 0. The van der Waals surface area contributed by atoms with Gasteiger partial charge in [-0.3, -0.25) is 4.79 Å². The van der Waals surface area contributed by atoms with Crippen LogP contribution in [-0.4, -0.2) is 10.9 Å². The first kappa shape index (κ1) is 6.40. The van der Waals surface area contributed by atoms with E-state index in [9.17, 15) is 4.79 Å². The van der Waals surface area contributed by atoms with Gasteiger partial charge in [-0.15, -0.1) is 0 Å². The molecule has 1 spiro atoms. The largest absolute Gasteiger partial charge is 0.361 e. The van der Waals surface area contributed by atoms with Crippen molar-refractivity contribution in [1.82, 2.24) is 5.16 Å². The molecule has 1 aromatic rings. The van der Waals surface area contributed by atoms with Crippen molar-refractivity contribution in [1.29, 1.82) is 0 Å². The van der Waals surface area contributed by atoms with Crippen LogP contribution in [0.15, 0.2) is 10.7 Å². The first-order chi connectivity index (χ1) is 5.82. The molecule has 0 unspecified atom stereocenters. The van der Waals surface area contributed by atoms with Crippen molar-refractivity contribution in [3.8, 4) is 0 Å². The van der Waals surface area contributed by atoms with Gasteiger partial charge >= 0.3 is 0 Å². The first-order valence-electron chi connectivity index (χ1n) is 4.30. The molecular weight excluding hydrogens is 154 g/mol. The van der Waals surface area contributed by atoms with Gasteiger partial charge in [0.1, 0.15) is 5.76 Å². The minimum atomic E-state index is 0.0125. The van der Waals surface area contributed by atoms with Gasteiger partial charge in [0.2, 0.25) is 0 Å². The molecule has 1 fully saturated rings. The van der Waals surface area contributed by atoms with E-state index < -0.39 is 0 Å². The average Bonchev–Trinajstić information content (AvgIpc) is 2.69. The Balaban J connectivity index is 2.13. The molecule has 1 saturated carbocycles. The molecule has 3 heteroatoms. The Hall–Kier alpha value is -1.12. The number of hydrogen-bond acceptors (Lipinski definition) is 3. The summed E-state index contributed by atoms with van der Waals surface area (Å²) in [4.78, 5) is 11.8. The molecule has 0 N–H and O–H groups in total. The average molecular weight is 163 g/mol. The molecule has 0 atom stereocenters. The molecule has 12 heavy (non-hydrogen) atoms. The Morgan fingerprint density at radius 3 is 3.00 bits per heavy atom. The fourth-order valence-corrected chi connectivity index (χ4v) is 2.01. The van der Waals surface area contributed by atoms with Crippen molar-refractivity contribution >= 4 is 5.78 Å². The molecule has 1 aromatic heterocycles. The van der Waals surface area contributed by atoms with Gasteiger partial charge in [0, 0.05) is 11.8 Å². The number of carbonyl (C=O) groups is 1. The highest BCUT2D eigenvalue weighted by molar-refractivity contribution is 6.03. The van der Waals surface area contributed by atoms with Crippen molar-refractivity contribution in [3.05, 3.63) is 17.5 Å². The van der Waals surface area contributed by atoms with Gasteiger partial charge in [-0.2, -0.15) is 0 Å². The summed E-state index contributed by atoms with van der Waals surface area (Å²) in [5, 5.41) is 3.65. The molecule has 0 aliphatic heterocycles. The van der Waals surface area contributed by atoms with Crippen LogP contribution >= 0.6 is 0 Å². The van der Waals surface area contributed by atoms with Gasteiger partial charge in [-0.1, -0.05) is 5.16 Å². The lowest BCUT2D eigenvalue weighted by atomic mass is 9.84. The highest BCUT2D eigenvalue weighted by Gasteiger charge is 2.52. The molecule has 3 rings (SSSR count). The van der Waals surface area contributed by atoms with Crippen molar-refractivity contribution in [2.75, 3.05) is 0 Å². The third kappa shape index (κ3) is 0.618. The lowest BCUT2D eigenvalue weighted by Crippen LogP contribution is -2.22.